The quantitative estimate of drug-likeness (QED) is 0.0163. The zero-order chi connectivity index (χ0) is 42.6. The second-order valence-corrected chi connectivity index (χ2v) is 13.6. The van der Waals surface area contributed by atoms with Crippen LogP contribution in [0.3, 0.4) is 0 Å². The van der Waals surface area contributed by atoms with Crippen LogP contribution in [0, 0.1) is 5.92 Å². The molecule has 0 bridgehead atoms. The summed E-state index contributed by atoms with van der Waals surface area (Å²) in [5.74, 6) is -3.63. The molecule has 59 heavy (non-hydrogen) atoms. The number of rotatable bonds is 24. The van der Waals surface area contributed by atoms with Crippen molar-refractivity contribution in [3.63, 3.8) is 0 Å². The lowest BCUT2D eigenvalue weighted by Gasteiger charge is -2.29. The Labute approximate surface area is 343 Å². The van der Waals surface area contributed by atoms with E-state index in [1.165, 1.54) is 24.3 Å². The van der Waals surface area contributed by atoms with Crippen molar-refractivity contribution in [3.05, 3.63) is 113 Å². The van der Waals surface area contributed by atoms with Gasteiger partial charge in [-0.1, -0.05) is 107 Å². The summed E-state index contributed by atoms with van der Waals surface area (Å²) in [6, 6.07) is 23.9. The number of carbonyl (C=O) groups excluding carboxylic acids is 6. The Hall–Kier alpha value is -6.48. The second-order valence-electron chi connectivity index (χ2n) is 13.6. The van der Waals surface area contributed by atoms with E-state index in [2.05, 4.69) is 16.0 Å². The molecule has 0 saturated carbocycles. The van der Waals surface area contributed by atoms with Gasteiger partial charge in [-0.05, 0) is 54.7 Å². The Morgan fingerprint density at radius 1 is 0.797 bits per heavy atom. The summed E-state index contributed by atoms with van der Waals surface area (Å²) in [7, 11) is 0. The molecule has 4 aromatic rings. The van der Waals surface area contributed by atoms with Gasteiger partial charge < -0.3 is 34.6 Å². The van der Waals surface area contributed by atoms with Gasteiger partial charge in [-0.25, -0.2) is 14.7 Å². The Balaban J connectivity index is 1.46. The van der Waals surface area contributed by atoms with Crippen LogP contribution in [0.25, 0.3) is 11.3 Å². The number of hydrogen-bond acceptors (Lipinski definition) is 11. The fraction of sp³-hybridized carbons (Fsp3) is 0.364. The number of nitrogens with one attached hydrogen (secondary N) is 3. The van der Waals surface area contributed by atoms with Gasteiger partial charge in [0.25, 0.3) is 11.8 Å². The zero-order valence-corrected chi connectivity index (χ0v) is 33.5. The number of hydroxylamine groups is 2. The van der Waals surface area contributed by atoms with Crippen LogP contribution in [-0.2, 0) is 41.9 Å². The Morgan fingerprint density at radius 2 is 1.47 bits per heavy atom. The van der Waals surface area contributed by atoms with Crippen molar-refractivity contribution in [3.8, 4) is 17.1 Å². The lowest BCUT2D eigenvalue weighted by atomic mass is 9.90. The minimum atomic E-state index is -0.980. The minimum absolute atomic E-state index is 0.00922. The maximum Gasteiger partial charge on any atom is 0.344 e. The smallest absolute Gasteiger partial charge is 0.344 e. The zero-order valence-electron chi connectivity index (χ0n) is 33.5. The molecule has 3 aromatic carbocycles. The van der Waals surface area contributed by atoms with Crippen LogP contribution in [-0.4, -0.2) is 71.7 Å². The molecule has 0 saturated heterocycles. The Kier molecular flexibility index (Phi) is 18.2. The first-order valence-electron chi connectivity index (χ1n) is 19.6. The fourth-order valence-corrected chi connectivity index (χ4v) is 6.18. The van der Waals surface area contributed by atoms with E-state index in [1.807, 2.05) is 55.5 Å². The van der Waals surface area contributed by atoms with Gasteiger partial charge in [0.2, 0.25) is 12.3 Å². The molecule has 4 rings (SSSR count). The van der Waals surface area contributed by atoms with Crippen molar-refractivity contribution in [2.45, 2.75) is 84.6 Å². The number of amides is 4. The summed E-state index contributed by atoms with van der Waals surface area (Å²) in [4.78, 5) is 76.7. The molecule has 0 radical (unpaired) electrons. The molecule has 314 valence electrons. The molecule has 1 heterocycles. The SMILES string of the molecule is CCCCCC(C(=O)NCNC(=O)c1ccc(-c2ccc(C(=O)NC(CC)C(=O)OCc3ccccc3)c(OCC(=O)OCc3ccccc3)c2)o1)C(CC)N(O)C=O. The van der Waals surface area contributed by atoms with Gasteiger partial charge in [-0.15, -0.1) is 0 Å². The summed E-state index contributed by atoms with van der Waals surface area (Å²) < 4.78 is 22.5. The molecule has 0 spiro atoms. The van der Waals surface area contributed by atoms with E-state index in [4.69, 9.17) is 18.6 Å². The van der Waals surface area contributed by atoms with Crippen molar-refractivity contribution < 1.29 is 52.6 Å². The van der Waals surface area contributed by atoms with Gasteiger partial charge in [-0.2, -0.15) is 0 Å². The van der Waals surface area contributed by atoms with Gasteiger partial charge in [0.1, 0.15) is 30.8 Å². The average Bonchev–Trinajstić information content (AvgIpc) is 3.77. The molecule has 4 amide bonds. The Bertz CT molecular complexity index is 1990. The lowest BCUT2D eigenvalue weighted by Crippen LogP contribution is -2.47. The lowest BCUT2D eigenvalue weighted by molar-refractivity contribution is -0.168. The minimum Gasteiger partial charge on any atom is -0.481 e. The van der Waals surface area contributed by atoms with Crippen LogP contribution in [0.5, 0.6) is 5.75 Å². The van der Waals surface area contributed by atoms with E-state index in [9.17, 15) is 34.0 Å². The van der Waals surface area contributed by atoms with Crippen molar-refractivity contribution in [1.29, 1.82) is 0 Å². The van der Waals surface area contributed by atoms with Crippen molar-refractivity contribution in [1.82, 2.24) is 21.0 Å². The number of esters is 2. The number of unbranched alkanes of at least 4 members (excludes halogenated alkanes) is 2. The maximum absolute atomic E-state index is 13.6. The Morgan fingerprint density at radius 3 is 2.10 bits per heavy atom. The third-order valence-corrected chi connectivity index (χ3v) is 9.45. The van der Waals surface area contributed by atoms with Crippen molar-refractivity contribution >= 4 is 36.1 Å². The molecule has 0 aliphatic heterocycles. The van der Waals surface area contributed by atoms with Crippen molar-refractivity contribution in [2.24, 2.45) is 5.92 Å². The third kappa shape index (κ3) is 13.8. The standard InChI is InChI=1S/C44H52N4O11/c1-4-7-10-19-33(36(6-3)48(55)29-49)41(51)45-28-46-43(53)38-23-22-37(59-38)32-20-21-34(39(24-32)56-27-40(50)57-25-30-15-11-8-12-16-30)42(52)47-35(5-2)44(54)58-26-31-17-13-9-14-18-31/h8-9,11-18,20-24,29,33,35-36,55H,4-7,10,19,25-28H2,1-3H3,(H,45,51)(H,46,53)(H,47,52). The molecule has 1 aromatic heterocycles. The highest BCUT2D eigenvalue weighted by Gasteiger charge is 2.31. The average molecular weight is 813 g/mol. The number of ether oxygens (including phenoxy) is 3. The first-order valence-corrected chi connectivity index (χ1v) is 19.6. The van der Waals surface area contributed by atoms with Crippen molar-refractivity contribution in [2.75, 3.05) is 13.3 Å². The highest BCUT2D eigenvalue weighted by atomic mass is 16.6. The second kappa shape index (κ2) is 23.7. The molecule has 0 aliphatic rings. The third-order valence-electron chi connectivity index (χ3n) is 9.45. The van der Waals surface area contributed by atoms with Gasteiger partial charge >= 0.3 is 11.9 Å². The molecule has 15 nitrogen and oxygen atoms in total. The van der Waals surface area contributed by atoms with E-state index in [0.29, 0.717) is 23.5 Å². The van der Waals surface area contributed by atoms with Crippen LogP contribution >= 0.6 is 0 Å². The first-order chi connectivity index (χ1) is 28.6. The number of nitrogens with zero attached hydrogens (tertiary/aromatic N) is 1. The van der Waals surface area contributed by atoms with Crippen LogP contribution in [0.2, 0.25) is 0 Å². The highest BCUT2D eigenvalue weighted by molar-refractivity contribution is 6.00. The first kappa shape index (κ1) is 45.2. The van der Waals surface area contributed by atoms with Gasteiger partial charge in [-0.3, -0.25) is 24.4 Å². The monoisotopic (exact) mass is 812 g/mol. The predicted molar refractivity (Wildman–Crippen MR) is 216 cm³/mol. The van der Waals surface area contributed by atoms with E-state index in [0.717, 1.165) is 30.4 Å². The predicted octanol–water partition coefficient (Wildman–Crippen LogP) is 5.95. The molecular formula is C44H52N4O11. The molecule has 3 atom stereocenters. The summed E-state index contributed by atoms with van der Waals surface area (Å²) in [6.07, 6.45) is 3.83. The van der Waals surface area contributed by atoms with Crippen LogP contribution < -0.4 is 20.7 Å². The molecule has 4 N–H and O–H groups in total. The molecule has 0 fully saturated rings. The van der Waals surface area contributed by atoms with Crippen LogP contribution in [0.1, 0.15) is 91.3 Å². The number of hydrogen-bond donors (Lipinski definition) is 4. The molecule has 0 aliphatic carbocycles. The van der Waals surface area contributed by atoms with Gasteiger partial charge in [0.05, 0.1) is 24.2 Å². The largest absolute Gasteiger partial charge is 0.481 e. The van der Waals surface area contributed by atoms with Crippen LogP contribution in [0.15, 0.2) is 95.4 Å². The molecular weight excluding hydrogens is 761 g/mol. The van der Waals surface area contributed by atoms with Crippen LogP contribution in [0.4, 0.5) is 0 Å². The number of benzene rings is 3. The van der Waals surface area contributed by atoms with Gasteiger partial charge in [0, 0.05) is 5.56 Å². The number of furan rings is 1. The topological polar surface area (TPSA) is 203 Å². The van der Waals surface area contributed by atoms with E-state index < -0.39 is 54.3 Å². The van der Waals surface area contributed by atoms with Gasteiger partial charge in [0.15, 0.2) is 12.4 Å². The summed E-state index contributed by atoms with van der Waals surface area (Å²) in [6.45, 7) is 4.77. The normalized spacial score (nSPS) is 12.3. The summed E-state index contributed by atoms with van der Waals surface area (Å²) in [5, 5.41) is 18.5. The van der Waals surface area contributed by atoms with E-state index in [1.54, 1.807) is 32.0 Å². The van der Waals surface area contributed by atoms with E-state index >= 15 is 0 Å². The summed E-state index contributed by atoms with van der Waals surface area (Å²) >= 11 is 0. The maximum atomic E-state index is 13.6. The molecule has 3 unspecified atom stereocenters. The fourth-order valence-electron chi connectivity index (χ4n) is 6.18. The van der Waals surface area contributed by atoms with E-state index in [-0.39, 0.29) is 55.5 Å². The summed E-state index contributed by atoms with van der Waals surface area (Å²) in [5.41, 5.74) is 1.96. The molecule has 15 heteroatoms. The number of carbonyl (C=O) groups is 6. The highest BCUT2D eigenvalue weighted by Crippen LogP contribution is 2.30.